The maximum Gasteiger partial charge on any atom is 0.126 e. The highest BCUT2D eigenvalue weighted by Crippen LogP contribution is 2.99. The number of hydrogen-bond acceptors (Lipinski definition) is 1. The molecule has 2 unspecified atom stereocenters. The fraction of sp³-hybridized carbons (Fsp3) is 0.250. The zero-order chi connectivity index (χ0) is 26.7. The highest BCUT2D eigenvalue weighted by Gasteiger charge is 2.98. The quantitative estimate of drug-likeness (QED) is 0.224. The Labute approximate surface area is 240 Å². The minimum absolute atomic E-state index is 0.00386. The van der Waals surface area contributed by atoms with Crippen LogP contribution in [0.1, 0.15) is 59.1 Å². The van der Waals surface area contributed by atoms with Gasteiger partial charge in [-0.05, 0) is 70.2 Å². The molecule has 1 saturated heterocycles. The lowest BCUT2D eigenvalue weighted by atomic mass is 9.47. The molecular weight excluding hydrogens is 496 g/mol. The van der Waals surface area contributed by atoms with Crippen LogP contribution in [0.25, 0.3) is 11.1 Å². The molecule has 4 spiro atoms. The Morgan fingerprint density at radius 1 is 0.366 bits per heavy atom. The van der Waals surface area contributed by atoms with E-state index in [2.05, 4.69) is 133 Å². The van der Waals surface area contributed by atoms with Gasteiger partial charge < -0.3 is 4.74 Å². The van der Waals surface area contributed by atoms with Crippen LogP contribution in [0.5, 0.6) is 0 Å². The predicted octanol–water partition coefficient (Wildman–Crippen LogP) is 8.65. The number of fused-ring (bicyclic) bond motifs is 8. The summed E-state index contributed by atoms with van der Waals surface area (Å²) in [4.78, 5) is 0. The lowest BCUT2D eigenvalue weighted by molar-refractivity contribution is -0.0834. The summed E-state index contributed by atoms with van der Waals surface area (Å²) in [7, 11) is 0. The summed E-state index contributed by atoms with van der Waals surface area (Å²) in [6, 6.07) is 50.8. The Balaban J connectivity index is 1.33. The van der Waals surface area contributed by atoms with Gasteiger partial charge >= 0.3 is 0 Å². The summed E-state index contributed by atoms with van der Waals surface area (Å²) in [5, 5.41) is 0. The zero-order valence-electron chi connectivity index (χ0n) is 22.9. The third-order valence-electron chi connectivity index (χ3n) is 13.1. The molecule has 0 aromatic heterocycles. The standard InChI is InChI=1S/C40H30O/c1-3-13-27(14-4-1)39-33-21-11-12-22-34(33)40(41-39,28-15-5-2-6-16-28)38-25-35-23-37(38,39)24-36(35,26-38)32-20-10-8-18-30(32)29-17-7-9-19-31(29)35/h1-22H,23-26H2/t35?,36?,37?,38?,39-,40+. The number of ether oxygens (including phenoxy) is 1. The molecule has 0 amide bonds. The molecule has 4 atom stereocenters. The molecule has 6 bridgehead atoms. The Hall–Kier alpha value is -3.94. The van der Waals surface area contributed by atoms with E-state index >= 15 is 0 Å². The second kappa shape index (κ2) is 6.42. The van der Waals surface area contributed by atoms with Crippen LogP contribution in [0.15, 0.2) is 133 Å². The first-order valence-electron chi connectivity index (χ1n) is 15.3. The summed E-state index contributed by atoms with van der Waals surface area (Å²) in [6.45, 7) is 0. The maximum atomic E-state index is 7.99. The zero-order valence-corrected chi connectivity index (χ0v) is 22.9. The van der Waals surface area contributed by atoms with E-state index in [-0.39, 0.29) is 21.7 Å². The van der Waals surface area contributed by atoms with Crippen LogP contribution in [0, 0.1) is 10.8 Å². The van der Waals surface area contributed by atoms with E-state index in [0.29, 0.717) is 0 Å². The van der Waals surface area contributed by atoms with E-state index < -0.39 is 11.2 Å². The molecule has 4 saturated carbocycles. The van der Waals surface area contributed by atoms with Gasteiger partial charge in [-0.25, -0.2) is 0 Å². The first kappa shape index (κ1) is 21.8. The van der Waals surface area contributed by atoms with Gasteiger partial charge in [0.25, 0.3) is 0 Å². The predicted molar refractivity (Wildman–Crippen MR) is 161 cm³/mol. The summed E-state index contributed by atoms with van der Waals surface area (Å²) < 4.78 is 7.99. The molecule has 5 aromatic carbocycles. The lowest BCUT2D eigenvalue weighted by Gasteiger charge is -2.51. The molecule has 5 aliphatic carbocycles. The Morgan fingerprint density at radius 2 is 0.707 bits per heavy atom. The molecule has 12 rings (SSSR count). The number of benzene rings is 5. The molecule has 2 aliphatic heterocycles. The Bertz CT molecular complexity index is 1800. The van der Waals surface area contributed by atoms with Crippen molar-refractivity contribution in [2.24, 2.45) is 10.8 Å². The smallest absolute Gasteiger partial charge is 0.126 e. The highest BCUT2D eigenvalue weighted by molar-refractivity contribution is 5.82. The monoisotopic (exact) mass is 526 g/mol. The first-order chi connectivity index (χ1) is 20.2. The van der Waals surface area contributed by atoms with Crippen LogP contribution >= 0.6 is 0 Å². The van der Waals surface area contributed by atoms with E-state index in [1.165, 1.54) is 59.1 Å². The van der Waals surface area contributed by atoms with Gasteiger partial charge in [0.05, 0.1) is 0 Å². The fourth-order valence-corrected chi connectivity index (χ4v) is 12.5. The van der Waals surface area contributed by atoms with Gasteiger partial charge in [0.15, 0.2) is 0 Å². The molecule has 1 nitrogen and oxygen atoms in total. The SMILES string of the molecule is c1ccc([C@@]23O[C@@](c4ccccc4)(c4ccccc42)C24CC56CC23CC5(C4)c2ccccc2-c2ccccc26)cc1. The molecule has 7 aliphatic rings. The average Bonchev–Trinajstić information content (AvgIpc) is 3.82. The van der Waals surface area contributed by atoms with Gasteiger partial charge in [-0.15, -0.1) is 0 Å². The third kappa shape index (κ3) is 1.83. The third-order valence-corrected chi connectivity index (χ3v) is 13.1. The van der Waals surface area contributed by atoms with E-state index in [1.807, 2.05) is 0 Å². The van der Waals surface area contributed by atoms with Crippen molar-refractivity contribution in [3.8, 4) is 11.1 Å². The Morgan fingerprint density at radius 3 is 1.12 bits per heavy atom. The molecule has 1 heteroatoms. The van der Waals surface area contributed by atoms with Crippen LogP contribution in [-0.2, 0) is 26.8 Å². The van der Waals surface area contributed by atoms with Crippen molar-refractivity contribution < 1.29 is 4.74 Å². The molecule has 196 valence electrons. The van der Waals surface area contributed by atoms with Crippen LogP contribution in [-0.4, -0.2) is 0 Å². The van der Waals surface area contributed by atoms with Crippen LogP contribution in [0.3, 0.4) is 0 Å². The van der Waals surface area contributed by atoms with Crippen LogP contribution < -0.4 is 0 Å². The van der Waals surface area contributed by atoms with Gasteiger partial charge in [0.1, 0.15) is 11.2 Å². The van der Waals surface area contributed by atoms with Crippen LogP contribution in [0.4, 0.5) is 0 Å². The topological polar surface area (TPSA) is 9.23 Å². The van der Waals surface area contributed by atoms with Crippen molar-refractivity contribution in [3.63, 3.8) is 0 Å². The minimum atomic E-state index is -0.477. The molecular formula is C40H30O. The number of rotatable bonds is 2. The number of hydrogen-bond donors (Lipinski definition) is 0. The largest absolute Gasteiger partial charge is 0.348 e. The molecule has 5 fully saturated rings. The Kier molecular flexibility index (Phi) is 3.41. The van der Waals surface area contributed by atoms with Crippen molar-refractivity contribution in [2.75, 3.05) is 0 Å². The normalized spacial score (nSPS) is 38.8. The summed E-state index contributed by atoms with van der Waals surface area (Å²) >= 11 is 0. The summed E-state index contributed by atoms with van der Waals surface area (Å²) in [5.41, 5.74) is 10.8. The highest BCUT2D eigenvalue weighted by atomic mass is 16.5. The van der Waals surface area contributed by atoms with Crippen LogP contribution in [0.2, 0.25) is 0 Å². The average molecular weight is 527 g/mol. The maximum absolute atomic E-state index is 7.99. The van der Waals surface area contributed by atoms with Crippen molar-refractivity contribution in [2.45, 2.75) is 47.7 Å². The van der Waals surface area contributed by atoms with Gasteiger partial charge in [0.2, 0.25) is 0 Å². The first-order valence-corrected chi connectivity index (χ1v) is 15.3. The summed E-state index contributed by atoms with van der Waals surface area (Å²) in [5.74, 6) is 0. The molecule has 2 heterocycles. The molecule has 0 radical (unpaired) electrons. The van der Waals surface area contributed by atoms with Gasteiger partial charge in [-0.2, -0.15) is 0 Å². The van der Waals surface area contributed by atoms with Crippen molar-refractivity contribution >= 4 is 0 Å². The van der Waals surface area contributed by atoms with E-state index in [1.54, 1.807) is 11.1 Å². The second-order valence-electron chi connectivity index (χ2n) is 13.9. The van der Waals surface area contributed by atoms with E-state index in [9.17, 15) is 0 Å². The minimum Gasteiger partial charge on any atom is -0.348 e. The molecule has 41 heavy (non-hydrogen) atoms. The second-order valence-corrected chi connectivity index (χ2v) is 13.9. The van der Waals surface area contributed by atoms with Gasteiger partial charge in [0, 0.05) is 21.7 Å². The van der Waals surface area contributed by atoms with Crippen molar-refractivity contribution in [3.05, 3.63) is 167 Å². The van der Waals surface area contributed by atoms with E-state index in [0.717, 1.165) is 0 Å². The molecule has 5 aromatic rings. The fourth-order valence-electron chi connectivity index (χ4n) is 12.5. The lowest BCUT2D eigenvalue weighted by Crippen LogP contribution is -2.52. The van der Waals surface area contributed by atoms with Crippen molar-refractivity contribution in [1.82, 2.24) is 0 Å². The van der Waals surface area contributed by atoms with Gasteiger partial charge in [-0.1, -0.05) is 133 Å². The summed E-state index contributed by atoms with van der Waals surface area (Å²) in [6.07, 6.45) is 4.73. The molecule has 0 N–H and O–H groups in total. The van der Waals surface area contributed by atoms with Gasteiger partial charge in [-0.3, -0.25) is 0 Å². The van der Waals surface area contributed by atoms with E-state index in [4.69, 9.17) is 4.74 Å². The van der Waals surface area contributed by atoms with Crippen molar-refractivity contribution in [1.29, 1.82) is 0 Å².